The molecule has 3 rings (SSSR count). The van der Waals surface area contributed by atoms with Crippen molar-refractivity contribution >= 4 is 5.97 Å². The monoisotopic (exact) mass is 318 g/mol. The lowest BCUT2D eigenvalue weighted by molar-refractivity contribution is 0.0697. The van der Waals surface area contributed by atoms with Crippen LogP contribution in [0.15, 0.2) is 72.8 Å². The van der Waals surface area contributed by atoms with Crippen LogP contribution in [-0.2, 0) is 6.61 Å². The number of hydrogen-bond donors (Lipinski definition) is 1. The van der Waals surface area contributed by atoms with E-state index in [4.69, 9.17) is 9.84 Å². The highest BCUT2D eigenvalue weighted by atomic mass is 16.5. The first kappa shape index (κ1) is 15.8. The summed E-state index contributed by atoms with van der Waals surface area (Å²) in [5.74, 6) is -0.110. The van der Waals surface area contributed by atoms with Gasteiger partial charge in [-0.15, -0.1) is 0 Å². The van der Waals surface area contributed by atoms with Crippen LogP contribution in [0.3, 0.4) is 0 Å². The molecule has 0 saturated heterocycles. The third-order valence-corrected chi connectivity index (χ3v) is 3.82. The van der Waals surface area contributed by atoms with Gasteiger partial charge in [0.05, 0.1) is 5.56 Å². The Kier molecular flexibility index (Phi) is 4.62. The second kappa shape index (κ2) is 7.01. The van der Waals surface area contributed by atoms with Gasteiger partial charge in [-0.2, -0.15) is 0 Å². The fourth-order valence-electron chi connectivity index (χ4n) is 2.52. The molecule has 3 aromatic rings. The molecule has 0 radical (unpaired) electrons. The Morgan fingerprint density at radius 2 is 1.67 bits per heavy atom. The van der Waals surface area contributed by atoms with Gasteiger partial charge < -0.3 is 9.84 Å². The van der Waals surface area contributed by atoms with E-state index in [1.807, 2.05) is 30.3 Å². The maximum atomic E-state index is 10.9. The van der Waals surface area contributed by atoms with Gasteiger partial charge in [0.2, 0.25) is 0 Å². The summed E-state index contributed by atoms with van der Waals surface area (Å²) in [4.78, 5) is 10.9. The van der Waals surface area contributed by atoms with E-state index < -0.39 is 5.97 Å². The average Bonchev–Trinajstić information content (AvgIpc) is 2.61. The van der Waals surface area contributed by atoms with Crippen LogP contribution in [0.4, 0.5) is 0 Å². The highest BCUT2D eigenvalue weighted by molar-refractivity contribution is 5.87. The first-order valence-electron chi connectivity index (χ1n) is 7.74. The van der Waals surface area contributed by atoms with Crippen molar-refractivity contribution in [3.8, 4) is 16.9 Å². The lowest BCUT2D eigenvalue weighted by atomic mass is 10.0. The summed E-state index contributed by atoms with van der Waals surface area (Å²) in [5.41, 5.74) is 4.54. The van der Waals surface area contributed by atoms with E-state index in [2.05, 4.69) is 25.1 Å². The number of benzene rings is 3. The molecule has 0 saturated carbocycles. The van der Waals surface area contributed by atoms with Crippen molar-refractivity contribution in [1.29, 1.82) is 0 Å². The number of ether oxygens (including phenoxy) is 1. The molecule has 3 aromatic carbocycles. The lowest BCUT2D eigenvalue weighted by Gasteiger charge is -2.13. The summed E-state index contributed by atoms with van der Waals surface area (Å²) >= 11 is 0. The van der Waals surface area contributed by atoms with Gasteiger partial charge >= 0.3 is 5.97 Å². The minimum atomic E-state index is -0.924. The maximum absolute atomic E-state index is 10.9. The van der Waals surface area contributed by atoms with Crippen LogP contribution in [-0.4, -0.2) is 11.1 Å². The second-order valence-corrected chi connectivity index (χ2v) is 5.66. The smallest absolute Gasteiger partial charge is 0.335 e. The van der Waals surface area contributed by atoms with Gasteiger partial charge in [0, 0.05) is 5.56 Å². The fraction of sp³-hybridized carbons (Fsp3) is 0.0952. The first-order valence-corrected chi connectivity index (χ1v) is 7.74. The molecule has 0 aliphatic rings. The summed E-state index contributed by atoms with van der Waals surface area (Å²) in [6.45, 7) is 2.45. The number of aryl methyl sites for hydroxylation is 1. The predicted octanol–water partition coefficient (Wildman–Crippen LogP) is 4.94. The quantitative estimate of drug-likeness (QED) is 0.725. The van der Waals surface area contributed by atoms with Gasteiger partial charge in [-0.3, -0.25) is 0 Å². The van der Waals surface area contributed by atoms with Gasteiger partial charge in [-0.25, -0.2) is 4.79 Å². The van der Waals surface area contributed by atoms with E-state index in [1.54, 1.807) is 24.3 Å². The van der Waals surface area contributed by atoms with Crippen LogP contribution in [0, 0.1) is 6.92 Å². The summed E-state index contributed by atoms with van der Waals surface area (Å²) in [7, 11) is 0. The van der Waals surface area contributed by atoms with Crippen molar-refractivity contribution < 1.29 is 14.6 Å². The molecule has 0 aliphatic heterocycles. The zero-order chi connectivity index (χ0) is 16.9. The minimum absolute atomic E-state index is 0.277. The summed E-state index contributed by atoms with van der Waals surface area (Å²) in [6, 6.07) is 23.0. The summed E-state index contributed by atoms with van der Waals surface area (Å²) in [6.07, 6.45) is 0. The van der Waals surface area contributed by atoms with Crippen LogP contribution < -0.4 is 4.74 Å². The van der Waals surface area contributed by atoms with Crippen LogP contribution in [0.1, 0.15) is 21.5 Å². The van der Waals surface area contributed by atoms with E-state index in [-0.39, 0.29) is 5.56 Å². The Hall–Kier alpha value is -3.07. The first-order chi connectivity index (χ1) is 11.6. The number of hydrogen-bond acceptors (Lipinski definition) is 2. The topological polar surface area (TPSA) is 46.5 Å². The molecule has 0 aliphatic carbocycles. The number of carbonyl (C=O) groups is 1. The standard InChI is InChI=1S/C21H18O3/c1-15-7-12-20(19(13-15)17-5-3-2-4-6-17)24-14-16-8-10-18(11-9-16)21(22)23/h2-13H,14H2,1H3,(H,22,23). The minimum Gasteiger partial charge on any atom is -0.488 e. The zero-order valence-electron chi connectivity index (χ0n) is 13.4. The number of carboxylic acids is 1. The number of carboxylic acid groups (broad SMARTS) is 1. The van der Waals surface area contributed by atoms with Crippen LogP contribution >= 0.6 is 0 Å². The summed E-state index contributed by atoms with van der Waals surface area (Å²) in [5, 5.41) is 8.94. The van der Waals surface area contributed by atoms with E-state index in [9.17, 15) is 4.79 Å². The molecular formula is C21H18O3. The van der Waals surface area contributed by atoms with E-state index in [0.717, 1.165) is 22.4 Å². The zero-order valence-corrected chi connectivity index (χ0v) is 13.4. The van der Waals surface area contributed by atoms with Gasteiger partial charge in [0.15, 0.2) is 0 Å². The van der Waals surface area contributed by atoms with Gasteiger partial charge in [-0.1, -0.05) is 54.1 Å². The van der Waals surface area contributed by atoms with E-state index >= 15 is 0 Å². The molecule has 0 bridgehead atoms. The molecule has 0 amide bonds. The molecule has 0 aromatic heterocycles. The van der Waals surface area contributed by atoms with Crippen molar-refractivity contribution in [1.82, 2.24) is 0 Å². The molecule has 120 valence electrons. The maximum Gasteiger partial charge on any atom is 0.335 e. The molecule has 1 N–H and O–H groups in total. The summed E-state index contributed by atoms with van der Waals surface area (Å²) < 4.78 is 5.99. The number of aromatic carboxylic acids is 1. The molecule has 0 fully saturated rings. The normalized spacial score (nSPS) is 10.4. The fourth-order valence-corrected chi connectivity index (χ4v) is 2.52. The molecule has 3 nitrogen and oxygen atoms in total. The van der Waals surface area contributed by atoms with Crippen molar-refractivity contribution in [3.05, 3.63) is 89.5 Å². The van der Waals surface area contributed by atoms with Crippen molar-refractivity contribution in [2.24, 2.45) is 0 Å². The molecule has 24 heavy (non-hydrogen) atoms. The van der Waals surface area contributed by atoms with Crippen molar-refractivity contribution in [3.63, 3.8) is 0 Å². The highest BCUT2D eigenvalue weighted by Crippen LogP contribution is 2.31. The Balaban J connectivity index is 1.81. The molecular weight excluding hydrogens is 300 g/mol. The second-order valence-electron chi connectivity index (χ2n) is 5.66. The Morgan fingerprint density at radius 1 is 0.958 bits per heavy atom. The average molecular weight is 318 g/mol. The predicted molar refractivity (Wildman–Crippen MR) is 94.3 cm³/mol. The number of rotatable bonds is 5. The lowest BCUT2D eigenvalue weighted by Crippen LogP contribution is -2.00. The van der Waals surface area contributed by atoms with E-state index in [0.29, 0.717) is 6.61 Å². The SMILES string of the molecule is Cc1ccc(OCc2ccc(C(=O)O)cc2)c(-c2ccccc2)c1. The molecule has 0 heterocycles. The highest BCUT2D eigenvalue weighted by Gasteiger charge is 2.08. The molecule has 3 heteroatoms. The Bertz CT molecular complexity index is 837. The van der Waals surface area contributed by atoms with Gasteiger partial charge in [-0.05, 0) is 42.3 Å². The largest absolute Gasteiger partial charge is 0.488 e. The molecule has 0 atom stereocenters. The molecule has 0 spiro atoms. The van der Waals surface area contributed by atoms with E-state index in [1.165, 1.54) is 5.56 Å². The third kappa shape index (κ3) is 3.63. The third-order valence-electron chi connectivity index (χ3n) is 3.82. The van der Waals surface area contributed by atoms with Crippen molar-refractivity contribution in [2.45, 2.75) is 13.5 Å². The van der Waals surface area contributed by atoms with Gasteiger partial charge in [0.25, 0.3) is 0 Å². The Morgan fingerprint density at radius 3 is 2.33 bits per heavy atom. The molecule has 0 unspecified atom stereocenters. The van der Waals surface area contributed by atoms with Crippen LogP contribution in [0.2, 0.25) is 0 Å². The van der Waals surface area contributed by atoms with Crippen molar-refractivity contribution in [2.75, 3.05) is 0 Å². The van der Waals surface area contributed by atoms with Crippen LogP contribution in [0.25, 0.3) is 11.1 Å². The van der Waals surface area contributed by atoms with Gasteiger partial charge in [0.1, 0.15) is 12.4 Å². The Labute approximate surface area is 141 Å². The van der Waals surface area contributed by atoms with Crippen LogP contribution in [0.5, 0.6) is 5.75 Å².